The smallest absolute Gasteiger partial charge is 0.336 e. The van der Waals surface area contributed by atoms with Gasteiger partial charge in [-0.05, 0) is 101 Å². The molecule has 0 unspecified atom stereocenters. The van der Waals surface area contributed by atoms with Gasteiger partial charge < -0.3 is 14.2 Å². The first-order chi connectivity index (χ1) is 18.7. The van der Waals surface area contributed by atoms with Crippen molar-refractivity contribution in [2.45, 2.75) is 27.4 Å². The summed E-state index contributed by atoms with van der Waals surface area (Å²) >= 11 is 5.69. The number of ether oxygens (including phenoxy) is 3. The van der Waals surface area contributed by atoms with E-state index in [9.17, 15) is 14.4 Å². The topological polar surface area (TPSA) is 94.2 Å². The molecule has 39 heavy (non-hydrogen) atoms. The van der Waals surface area contributed by atoms with E-state index in [1.165, 1.54) is 6.08 Å². The SMILES string of the molecule is CCOc1ccc(OCC)c(N2C(=O)NC(=O)/C(=C\c3cc(Br)c(OCc4cccc(C)c4)c(I)c3)C2=O)c1. The number of anilines is 1. The Hall–Kier alpha value is -3.38. The maximum absolute atomic E-state index is 13.5. The molecule has 1 fully saturated rings. The third kappa shape index (κ3) is 6.62. The number of hydrogen-bond acceptors (Lipinski definition) is 6. The second-order valence-electron chi connectivity index (χ2n) is 8.54. The summed E-state index contributed by atoms with van der Waals surface area (Å²) in [6, 6.07) is 15.6. The number of barbiturate groups is 1. The fourth-order valence-corrected chi connectivity index (χ4v) is 5.78. The normalized spacial score (nSPS) is 14.4. The van der Waals surface area contributed by atoms with Crippen molar-refractivity contribution >= 4 is 68.1 Å². The summed E-state index contributed by atoms with van der Waals surface area (Å²) in [5.41, 5.74) is 2.75. The molecule has 0 saturated carbocycles. The molecule has 1 heterocycles. The van der Waals surface area contributed by atoms with Gasteiger partial charge in [0.15, 0.2) is 0 Å². The van der Waals surface area contributed by atoms with Crippen LogP contribution in [0.4, 0.5) is 10.5 Å². The fraction of sp³-hybridized carbons (Fsp3) is 0.207. The predicted molar refractivity (Wildman–Crippen MR) is 160 cm³/mol. The van der Waals surface area contributed by atoms with Crippen molar-refractivity contribution in [3.05, 3.63) is 84.9 Å². The van der Waals surface area contributed by atoms with Crippen LogP contribution in [0.15, 0.2) is 64.6 Å². The van der Waals surface area contributed by atoms with Gasteiger partial charge in [0, 0.05) is 6.07 Å². The second-order valence-corrected chi connectivity index (χ2v) is 10.6. The summed E-state index contributed by atoms with van der Waals surface area (Å²) in [5, 5.41) is 2.26. The summed E-state index contributed by atoms with van der Waals surface area (Å²) in [4.78, 5) is 40.0. The molecule has 8 nitrogen and oxygen atoms in total. The predicted octanol–water partition coefficient (Wildman–Crippen LogP) is 6.40. The molecule has 1 aliphatic rings. The Kier molecular flexibility index (Phi) is 9.28. The third-order valence-electron chi connectivity index (χ3n) is 5.68. The first kappa shape index (κ1) is 28.6. The molecule has 10 heteroatoms. The molecule has 0 aliphatic carbocycles. The van der Waals surface area contributed by atoms with E-state index in [1.54, 1.807) is 37.3 Å². The third-order valence-corrected chi connectivity index (χ3v) is 7.07. The Morgan fingerprint density at radius 3 is 2.44 bits per heavy atom. The van der Waals surface area contributed by atoms with Crippen LogP contribution in [0.5, 0.6) is 17.2 Å². The van der Waals surface area contributed by atoms with Gasteiger partial charge in [0.1, 0.15) is 29.4 Å². The zero-order valence-corrected chi connectivity index (χ0v) is 25.3. The molecule has 4 rings (SSSR count). The largest absolute Gasteiger partial charge is 0.494 e. The lowest BCUT2D eigenvalue weighted by molar-refractivity contribution is -0.122. The highest BCUT2D eigenvalue weighted by molar-refractivity contribution is 14.1. The summed E-state index contributed by atoms with van der Waals surface area (Å²) in [5.74, 6) is -0.149. The number of hydrogen-bond donors (Lipinski definition) is 1. The molecule has 3 aromatic rings. The average Bonchev–Trinajstić information content (AvgIpc) is 2.88. The molecule has 1 N–H and O–H groups in total. The quantitative estimate of drug-likeness (QED) is 0.157. The van der Waals surface area contributed by atoms with Crippen molar-refractivity contribution in [3.8, 4) is 17.2 Å². The van der Waals surface area contributed by atoms with Crippen LogP contribution < -0.4 is 24.4 Å². The minimum Gasteiger partial charge on any atom is -0.494 e. The van der Waals surface area contributed by atoms with Crippen molar-refractivity contribution < 1.29 is 28.6 Å². The van der Waals surface area contributed by atoms with Gasteiger partial charge in [0.05, 0.1) is 26.9 Å². The van der Waals surface area contributed by atoms with Gasteiger partial charge in [-0.15, -0.1) is 0 Å². The minimum absolute atomic E-state index is 0.180. The number of carbonyl (C=O) groups is 3. The van der Waals surface area contributed by atoms with Crippen LogP contribution >= 0.6 is 38.5 Å². The van der Waals surface area contributed by atoms with E-state index in [2.05, 4.69) is 49.9 Å². The van der Waals surface area contributed by atoms with Crippen molar-refractivity contribution in [2.75, 3.05) is 18.1 Å². The molecule has 4 amide bonds. The van der Waals surface area contributed by atoms with Crippen LogP contribution in [0.2, 0.25) is 0 Å². The number of aryl methyl sites for hydroxylation is 1. The summed E-state index contributed by atoms with van der Waals surface area (Å²) in [6.07, 6.45) is 1.45. The number of halogens is 2. The summed E-state index contributed by atoms with van der Waals surface area (Å²) < 4.78 is 18.7. The summed E-state index contributed by atoms with van der Waals surface area (Å²) in [6.45, 7) is 6.74. The fourth-order valence-electron chi connectivity index (χ4n) is 4.01. The number of carbonyl (C=O) groups excluding carboxylic acids is 3. The number of imide groups is 2. The Balaban J connectivity index is 1.65. The highest BCUT2D eigenvalue weighted by Gasteiger charge is 2.38. The van der Waals surface area contributed by atoms with E-state index in [4.69, 9.17) is 14.2 Å². The number of nitrogens with zero attached hydrogens (tertiary/aromatic N) is 1. The van der Waals surface area contributed by atoms with Crippen molar-refractivity contribution in [2.24, 2.45) is 0 Å². The second kappa shape index (κ2) is 12.6. The molecule has 0 atom stereocenters. The van der Waals surface area contributed by atoms with Gasteiger partial charge in [0.2, 0.25) is 0 Å². The van der Waals surface area contributed by atoms with Crippen LogP contribution in [0.3, 0.4) is 0 Å². The zero-order chi connectivity index (χ0) is 28.1. The number of rotatable bonds is 9. The van der Waals surface area contributed by atoms with Gasteiger partial charge in [-0.3, -0.25) is 14.9 Å². The molecule has 1 aliphatic heterocycles. The van der Waals surface area contributed by atoms with Gasteiger partial charge in [-0.25, -0.2) is 9.69 Å². The highest BCUT2D eigenvalue weighted by atomic mass is 127. The Morgan fingerprint density at radius 2 is 1.74 bits per heavy atom. The van der Waals surface area contributed by atoms with Crippen LogP contribution in [0.25, 0.3) is 6.08 Å². The maximum atomic E-state index is 13.5. The van der Waals surface area contributed by atoms with E-state index in [0.29, 0.717) is 47.1 Å². The lowest BCUT2D eigenvalue weighted by atomic mass is 10.1. The van der Waals surface area contributed by atoms with Crippen molar-refractivity contribution in [1.82, 2.24) is 5.32 Å². The van der Waals surface area contributed by atoms with E-state index in [1.807, 2.05) is 32.0 Å². The van der Waals surface area contributed by atoms with Gasteiger partial charge >= 0.3 is 6.03 Å². The molecule has 0 radical (unpaired) electrons. The molecule has 0 spiro atoms. The lowest BCUT2D eigenvalue weighted by Crippen LogP contribution is -2.54. The van der Waals surface area contributed by atoms with Crippen LogP contribution in [-0.4, -0.2) is 31.1 Å². The van der Waals surface area contributed by atoms with E-state index in [0.717, 1.165) is 19.6 Å². The Bertz CT molecular complexity index is 1450. The maximum Gasteiger partial charge on any atom is 0.336 e. The number of urea groups is 1. The zero-order valence-electron chi connectivity index (χ0n) is 21.5. The van der Waals surface area contributed by atoms with Crippen LogP contribution in [0, 0.1) is 10.5 Å². The Morgan fingerprint density at radius 1 is 0.974 bits per heavy atom. The standard InChI is InChI=1S/C29H26BrIN2O6/c1-4-37-20-9-10-25(38-5-2)24(15-20)33-28(35)21(27(34)32-29(33)36)12-19-13-22(30)26(23(31)14-19)39-16-18-8-6-7-17(3)11-18/h6-15H,4-5,16H2,1-3H3,(H,32,34,36)/b21-12+. The van der Waals surface area contributed by atoms with Gasteiger partial charge in [0.25, 0.3) is 11.8 Å². The number of nitrogens with one attached hydrogen (secondary N) is 1. The van der Waals surface area contributed by atoms with E-state index < -0.39 is 17.8 Å². The highest BCUT2D eigenvalue weighted by Crippen LogP contribution is 2.36. The van der Waals surface area contributed by atoms with E-state index >= 15 is 0 Å². The Labute approximate surface area is 248 Å². The number of amides is 4. The molecule has 3 aromatic carbocycles. The van der Waals surface area contributed by atoms with Gasteiger partial charge in [-0.1, -0.05) is 29.8 Å². The molecule has 202 valence electrons. The lowest BCUT2D eigenvalue weighted by Gasteiger charge is -2.28. The van der Waals surface area contributed by atoms with E-state index in [-0.39, 0.29) is 11.3 Å². The molecular formula is C29H26BrIN2O6. The molecule has 0 aromatic heterocycles. The average molecular weight is 705 g/mol. The molecular weight excluding hydrogens is 679 g/mol. The van der Waals surface area contributed by atoms with Gasteiger partial charge in [-0.2, -0.15) is 0 Å². The monoisotopic (exact) mass is 704 g/mol. The number of benzene rings is 3. The van der Waals surface area contributed by atoms with Crippen LogP contribution in [-0.2, 0) is 16.2 Å². The minimum atomic E-state index is -0.868. The molecule has 1 saturated heterocycles. The van der Waals surface area contributed by atoms with Crippen LogP contribution in [0.1, 0.15) is 30.5 Å². The summed E-state index contributed by atoms with van der Waals surface area (Å²) in [7, 11) is 0. The first-order valence-corrected chi connectivity index (χ1v) is 14.1. The van der Waals surface area contributed by atoms with Crippen molar-refractivity contribution in [3.63, 3.8) is 0 Å². The molecule has 0 bridgehead atoms. The van der Waals surface area contributed by atoms with Crippen molar-refractivity contribution in [1.29, 1.82) is 0 Å². The first-order valence-electron chi connectivity index (χ1n) is 12.2.